The topological polar surface area (TPSA) is 100 Å². The molecule has 3 atom stereocenters. The Morgan fingerprint density at radius 2 is 1.94 bits per heavy atom. The van der Waals surface area contributed by atoms with Crippen LogP contribution in [-0.2, 0) is 4.79 Å². The molecule has 170 valence electrons. The standard InChI is InChI=1S/C25H24N2O6/c1-30-19-5-3-14(9-23(19)33-20-8-13-2-4-15(20)6-13)7-17-16-10-21-22(32-12-31-21)11-18(16)27(24(17)28)25(26)29/h3,5,7,9-11,13,15,20H,2,4,6,8,12H2,1H3,(H2,26,29). The molecular weight excluding hydrogens is 424 g/mol. The minimum atomic E-state index is -0.849. The molecule has 4 aliphatic rings. The monoisotopic (exact) mass is 448 g/mol. The number of anilines is 1. The first-order valence-corrected chi connectivity index (χ1v) is 11.2. The number of benzene rings is 2. The zero-order chi connectivity index (χ0) is 22.7. The number of amides is 3. The molecule has 2 N–H and O–H groups in total. The van der Waals surface area contributed by atoms with Gasteiger partial charge in [0.1, 0.15) is 6.10 Å². The van der Waals surface area contributed by atoms with E-state index in [4.69, 9.17) is 24.7 Å². The predicted octanol–water partition coefficient (Wildman–Crippen LogP) is 3.96. The van der Waals surface area contributed by atoms with Gasteiger partial charge in [0.15, 0.2) is 23.0 Å². The number of hydrogen-bond donors (Lipinski definition) is 1. The summed E-state index contributed by atoms with van der Waals surface area (Å²) < 4.78 is 22.8. The summed E-state index contributed by atoms with van der Waals surface area (Å²) in [7, 11) is 1.62. The lowest BCUT2D eigenvalue weighted by Gasteiger charge is -2.24. The lowest BCUT2D eigenvalue weighted by atomic mass is 9.97. The number of nitrogens with zero attached hydrogens (tertiary/aromatic N) is 1. The quantitative estimate of drug-likeness (QED) is 0.711. The molecule has 2 aliphatic carbocycles. The molecule has 33 heavy (non-hydrogen) atoms. The van der Waals surface area contributed by atoms with Crippen LogP contribution in [0.3, 0.4) is 0 Å². The molecule has 2 saturated carbocycles. The summed E-state index contributed by atoms with van der Waals surface area (Å²) in [5, 5.41) is 0. The second kappa shape index (κ2) is 7.43. The van der Waals surface area contributed by atoms with Crippen molar-refractivity contribution in [2.75, 3.05) is 18.8 Å². The van der Waals surface area contributed by atoms with Crippen LogP contribution in [0.2, 0.25) is 0 Å². The first kappa shape index (κ1) is 20.0. The van der Waals surface area contributed by atoms with Crippen molar-refractivity contribution in [2.45, 2.75) is 31.8 Å². The zero-order valence-electron chi connectivity index (χ0n) is 18.2. The van der Waals surface area contributed by atoms with Crippen LogP contribution >= 0.6 is 0 Å². The van der Waals surface area contributed by atoms with Crippen LogP contribution in [0.5, 0.6) is 23.0 Å². The van der Waals surface area contributed by atoms with Crippen LogP contribution < -0.4 is 29.6 Å². The van der Waals surface area contributed by atoms with Gasteiger partial charge >= 0.3 is 6.03 Å². The fraction of sp³-hybridized carbons (Fsp3) is 0.360. The highest BCUT2D eigenvalue weighted by Crippen LogP contribution is 2.48. The Balaban J connectivity index is 1.38. The Bertz CT molecular complexity index is 1210. The van der Waals surface area contributed by atoms with Gasteiger partial charge in [0.05, 0.1) is 18.4 Å². The van der Waals surface area contributed by atoms with Gasteiger partial charge in [-0.15, -0.1) is 0 Å². The summed E-state index contributed by atoms with van der Waals surface area (Å²) in [6, 6.07) is 8.04. The van der Waals surface area contributed by atoms with Crippen LogP contribution in [0.1, 0.15) is 36.8 Å². The Labute approximate surface area is 190 Å². The van der Waals surface area contributed by atoms with Crippen molar-refractivity contribution in [2.24, 2.45) is 17.6 Å². The molecule has 2 bridgehead atoms. The molecule has 2 aromatic rings. The van der Waals surface area contributed by atoms with E-state index in [2.05, 4.69) is 0 Å². The number of urea groups is 1. The van der Waals surface area contributed by atoms with Crippen LogP contribution in [-0.4, -0.2) is 31.9 Å². The summed E-state index contributed by atoms with van der Waals surface area (Å²) >= 11 is 0. The van der Waals surface area contributed by atoms with Crippen LogP contribution in [0, 0.1) is 11.8 Å². The molecule has 0 aromatic heterocycles. The summed E-state index contributed by atoms with van der Waals surface area (Å²) in [5.41, 5.74) is 7.57. The second-order valence-electron chi connectivity index (χ2n) is 9.00. The van der Waals surface area contributed by atoms with E-state index in [0.29, 0.717) is 45.7 Å². The SMILES string of the molecule is COc1ccc(C=C2C(=O)N(C(N)=O)c3cc4c(cc32)OCO4)cc1OC1CC2CCC1C2. The first-order valence-electron chi connectivity index (χ1n) is 11.2. The van der Waals surface area contributed by atoms with Crippen molar-refractivity contribution in [3.8, 4) is 23.0 Å². The maximum absolute atomic E-state index is 13.1. The van der Waals surface area contributed by atoms with E-state index in [1.807, 2.05) is 18.2 Å². The predicted molar refractivity (Wildman–Crippen MR) is 120 cm³/mol. The lowest BCUT2D eigenvalue weighted by Crippen LogP contribution is -2.37. The number of methoxy groups -OCH3 is 1. The Hall–Kier alpha value is -3.68. The maximum atomic E-state index is 13.1. The van der Waals surface area contributed by atoms with E-state index < -0.39 is 11.9 Å². The molecule has 3 unspecified atom stereocenters. The number of fused-ring (bicyclic) bond motifs is 4. The first-order chi connectivity index (χ1) is 16.0. The Kier molecular flexibility index (Phi) is 4.50. The third-order valence-electron chi connectivity index (χ3n) is 7.13. The van der Waals surface area contributed by atoms with Crippen molar-refractivity contribution in [3.63, 3.8) is 0 Å². The minimum Gasteiger partial charge on any atom is -0.493 e. The highest BCUT2D eigenvalue weighted by atomic mass is 16.7. The molecule has 2 aromatic carbocycles. The molecular formula is C25H24N2O6. The summed E-state index contributed by atoms with van der Waals surface area (Å²) in [4.78, 5) is 26.1. The average molecular weight is 448 g/mol. The van der Waals surface area contributed by atoms with Crippen molar-refractivity contribution >= 4 is 29.3 Å². The van der Waals surface area contributed by atoms with Gasteiger partial charge in [0, 0.05) is 11.6 Å². The fourth-order valence-electron chi connectivity index (χ4n) is 5.57. The third kappa shape index (κ3) is 3.20. The zero-order valence-corrected chi connectivity index (χ0v) is 18.2. The molecule has 8 nitrogen and oxygen atoms in total. The average Bonchev–Trinajstić information content (AvgIpc) is 3.57. The largest absolute Gasteiger partial charge is 0.493 e. The molecule has 0 radical (unpaired) electrons. The molecule has 2 aliphatic heterocycles. The molecule has 2 heterocycles. The number of carbonyl (C=O) groups is 2. The number of hydrogen-bond acceptors (Lipinski definition) is 6. The molecule has 8 heteroatoms. The molecule has 6 rings (SSSR count). The van der Waals surface area contributed by atoms with Crippen LogP contribution in [0.25, 0.3) is 11.6 Å². The van der Waals surface area contributed by atoms with Crippen LogP contribution in [0.4, 0.5) is 10.5 Å². The number of rotatable bonds is 4. The lowest BCUT2D eigenvalue weighted by molar-refractivity contribution is -0.112. The van der Waals surface area contributed by atoms with Crippen molar-refractivity contribution in [3.05, 3.63) is 41.5 Å². The Morgan fingerprint density at radius 1 is 1.12 bits per heavy atom. The van der Waals surface area contributed by atoms with E-state index >= 15 is 0 Å². The number of primary amides is 1. The van der Waals surface area contributed by atoms with E-state index in [9.17, 15) is 9.59 Å². The van der Waals surface area contributed by atoms with Gasteiger partial charge in [-0.3, -0.25) is 4.79 Å². The van der Waals surface area contributed by atoms with Gasteiger partial charge in [-0.25, -0.2) is 9.69 Å². The third-order valence-corrected chi connectivity index (χ3v) is 7.13. The van der Waals surface area contributed by atoms with Gasteiger partial charge in [0.25, 0.3) is 5.91 Å². The van der Waals surface area contributed by atoms with Crippen molar-refractivity contribution in [1.29, 1.82) is 0 Å². The number of carbonyl (C=O) groups excluding carboxylic acids is 2. The number of imide groups is 1. The highest BCUT2D eigenvalue weighted by molar-refractivity contribution is 6.42. The summed E-state index contributed by atoms with van der Waals surface area (Å²) in [6.07, 6.45) is 6.75. The van der Waals surface area contributed by atoms with Crippen molar-refractivity contribution < 1.29 is 28.5 Å². The van der Waals surface area contributed by atoms with Crippen LogP contribution in [0.15, 0.2) is 30.3 Å². The van der Waals surface area contributed by atoms with E-state index in [0.717, 1.165) is 22.8 Å². The number of ether oxygens (including phenoxy) is 4. The molecule has 0 spiro atoms. The molecule has 2 fully saturated rings. The minimum absolute atomic E-state index is 0.0873. The van der Waals surface area contributed by atoms with E-state index in [-0.39, 0.29) is 12.9 Å². The van der Waals surface area contributed by atoms with Gasteiger partial charge in [0.2, 0.25) is 6.79 Å². The summed E-state index contributed by atoms with van der Waals surface area (Å²) in [5.74, 6) is 3.17. The Morgan fingerprint density at radius 3 is 2.64 bits per heavy atom. The molecule has 0 saturated heterocycles. The van der Waals surface area contributed by atoms with Gasteiger partial charge < -0.3 is 24.7 Å². The van der Waals surface area contributed by atoms with E-state index in [1.165, 1.54) is 19.3 Å². The smallest absolute Gasteiger partial charge is 0.326 e. The second-order valence-corrected chi connectivity index (χ2v) is 9.00. The maximum Gasteiger partial charge on any atom is 0.326 e. The van der Waals surface area contributed by atoms with E-state index in [1.54, 1.807) is 25.3 Å². The van der Waals surface area contributed by atoms with Gasteiger partial charge in [-0.05, 0) is 67.4 Å². The molecule has 3 amide bonds. The van der Waals surface area contributed by atoms with Gasteiger partial charge in [-0.1, -0.05) is 6.07 Å². The number of nitrogens with two attached hydrogens (primary N) is 1. The van der Waals surface area contributed by atoms with Crippen molar-refractivity contribution in [1.82, 2.24) is 0 Å². The fourth-order valence-corrected chi connectivity index (χ4v) is 5.57. The van der Waals surface area contributed by atoms with Gasteiger partial charge in [-0.2, -0.15) is 0 Å². The normalized spacial score (nSPS) is 25.6. The summed E-state index contributed by atoms with van der Waals surface area (Å²) in [6.45, 7) is 0.0873. The highest BCUT2D eigenvalue weighted by Gasteiger charge is 2.41.